The number of benzene rings is 1. The topological polar surface area (TPSA) is 74.7 Å². The Morgan fingerprint density at radius 2 is 1.71 bits per heavy atom. The van der Waals surface area contributed by atoms with E-state index in [2.05, 4.69) is 0 Å². The van der Waals surface area contributed by atoms with Gasteiger partial charge in [-0.3, -0.25) is 4.79 Å². The number of sulfone groups is 1. The van der Waals surface area contributed by atoms with E-state index in [4.69, 9.17) is 5.11 Å². The number of carboxylic acids is 1. The van der Waals surface area contributed by atoms with E-state index in [1.807, 2.05) is 27.7 Å². The molecule has 118 valence electrons. The Labute approximate surface area is 126 Å². The van der Waals surface area contributed by atoms with E-state index in [0.717, 1.165) is 0 Å². The maximum Gasteiger partial charge on any atom is 0.323 e. The van der Waals surface area contributed by atoms with Gasteiger partial charge in [-0.15, -0.1) is 0 Å². The van der Waals surface area contributed by atoms with Gasteiger partial charge in [0.25, 0.3) is 0 Å². The van der Waals surface area contributed by atoms with Crippen molar-refractivity contribution in [2.75, 3.05) is 17.2 Å². The normalized spacial score (nSPS) is 12.2. The highest BCUT2D eigenvalue weighted by molar-refractivity contribution is 7.91. The Hall–Kier alpha value is -1.56. The van der Waals surface area contributed by atoms with Gasteiger partial charge < -0.3 is 10.0 Å². The van der Waals surface area contributed by atoms with Crippen molar-refractivity contribution in [3.8, 4) is 0 Å². The van der Waals surface area contributed by atoms with Crippen molar-refractivity contribution in [2.24, 2.45) is 0 Å². The zero-order valence-corrected chi connectivity index (χ0v) is 13.8. The maximum atomic E-state index is 12.0. The number of carbonyl (C=O) groups is 1. The van der Waals surface area contributed by atoms with Gasteiger partial charge in [0, 0.05) is 11.2 Å². The average molecular weight is 313 g/mol. The van der Waals surface area contributed by atoms with Gasteiger partial charge in [-0.1, -0.05) is 6.92 Å². The van der Waals surface area contributed by atoms with Crippen LogP contribution in [0.25, 0.3) is 0 Å². The Morgan fingerprint density at radius 3 is 2.10 bits per heavy atom. The molecule has 0 aliphatic carbocycles. The van der Waals surface area contributed by atoms with Crippen molar-refractivity contribution in [1.82, 2.24) is 0 Å². The number of aliphatic carboxylic acids is 1. The van der Waals surface area contributed by atoms with Crippen LogP contribution in [0.4, 0.5) is 5.69 Å². The molecule has 0 aliphatic heterocycles. The highest BCUT2D eigenvalue weighted by atomic mass is 32.2. The molecule has 0 unspecified atom stereocenters. The lowest BCUT2D eigenvalue weighted by molar-refractivity contribution is -0.135. The fourth-order valence-corrected chi connectivity index (χ4v) is 3.39. The van der Waals surface area contributed by atoms with E-state index < -0.39 is 15.8 Å². The lowest BCUT2D eigenvalue weighted by Crippen LogP contribution is -2.44. The molecule has 0 saturated carbocycles. The third kappa shape index (κ3) is 4.74. The molecule has 0 heterocycles. The summed E-state index contributed by atoms with van der Waals surface area (Å²) in [6, 6.07) is 6.41. The summed E-state index contributed by atoms with van der Waals surface area (Å²) in [6.45, 7) is 7.43. The molecule has 0 radical (unpaired) electrons. The second kappa shape index (κ2) is 6.47. The van der Waals surface area contributed by atoms with Crippen LogP contribution in [0, 0.1) is 0 Å². The number of hydrogen-bond donors (Lipinski definition) is 1. The van der Waals surface area contributed by atoms with Crippen LogP contribution in [0.15, 0.2) is 29.2 Å². The minimum absolute atomic E-state index is 0.116. The first-order valence-electron chi connectivity index (χ1n) is 6.90. The molecule has 0 aliphatic rings. The van der Waals surface area contributed by atoms with Crippen LogP contribution < -0.4 is 4.90 Å². The van der Waals surface area contributed by atoms with Crippen LogP contribution in [0.1, 0.15) is 34.1 Å². The van der Waals surface area contributed by atoms with E-state index in [9.17, 15) is 13.2 Å². The van der Waals surface area contributed by atoms with Gasteiger partial charge >= 0.3 is 5.97 Å². The standard InChI is InChI=1S/C15H23NO4S/c1-5-10-21(19,20)13-8-6-12(7-9-13)16(11-14(17)18)15(2,3)4/h6-9H,5,10-11H2,1-4H3,(H,17,18). The van der Waals surface area contributed by atoms with Crippen LogP contribution in [0.5, 0.6) is 0 Å². The number of nitrogens with zero attached hydrogens (tertiary/aromatic N) is 1. The van der Waals surface area contributed by atoms with Crippen molar-refractivity contribution < 1.29 is 18.3 Å². The van der Waals surface area contributed by atoms with Crippen molar-refractivity contribution in [2.45, 2.75) is 44.6 Å². The summed E-state index contributed by atoms with van der Waals surface area (Å²) in [5.74, 6) is -0.808. The minimum atomic E-state index is -3.25. The van der Waals surface area contributed by atoms with Gasteiger partial charge in [0.1, 0.15) is 6.54 Å². The highest BCUT2D eigenvalue weighted by Crippen LogP contribution is 2.25. The minimum Gasteiger partial charge on any atom is -0.480 e. The first-order valence-corrected chi connectivity index (χ1v) is 8.55. The molecule has 0 spiro atoms. The number of hydrogen-bond acceptors (Lipinski definition) is 4. The van der Waals surface area contributed by atoms with Crippen LogP contribution in [-0.4, -0.2) is 37.3 Å². The summed E-state index contributed by atoms with van der Waals surface area (Å²) in [6.07, 6.45) is 0.567. The largest absolute Gasteiger partial charge is 0.480 e. The van der Waals surface area contributed by atoms with Gasteiger partial charge in [0.05, 0.1) is 10.6 Å². The zero-order valence-electron chi connectivity index (χ0n) is 13.0. The molecule has 0 saturated heterocycles. The fraction of sp³-hybridized carbons (Fsp3) is 0.533. The lowest BCUT2D eigenvalue weighted by Gasteiger charge is -2.36. The summed E-state index contributed by atoms with van der Waals surface area (Å²) in [7, 11) is -3.25. The second-order valence-corrected chi connectivity index (χ2v) is 8.07. The van der Waals surface area contributed by atoms with Crippen molar-refractivity contribution in [3.05, 3.63) is 24.3 Å². The van der Waals surface area contributed by atoms with E-state index >= 15 is 0 Å². The van der Waals surface area contributed by atoms with Crippen LogP contribution >= 0.6 is 0 Å². The molecule has 0 atom stereocenters. The Kier molecular flexibility index (Phi) is 5.39. The molecule has 1 N–H and O–H groups in total. The Bertz CT molecular complexity index is 585. The molecule has 21 heavy (non-hydrogen) atoms. The average Bonchev–Trinajstić information content (AvgIpc) is 2.34. The molecule has 0 bridgehead atoms. The molecular formula is C15H23NO4S. The molecule has 1 aromatic carbocycles. The van der Waals surface area contributed by atoms with E-state index in [1.54, 1.807) is 29.2 Å². The molecular weight excluding hydrogens is 290 g/mol. The van der Waals surface area contributed by atoms with E-state index in [1.165, 1.54) is 0 Å². The molecule has 0 amide bonds. The fourth-order valence-electron chi connectivity index (χ4n) is 2.07. The molecule has 0 fully saturated rings. The van der Waals surface area contributed by atoms with E-state index in [-0.39, 0.29) is 22.7 Å². The monoisotopic (exact) mass is 313 g/mol. The van der Waals surface area contributed by atoms with Crippen LogP contribution in [0.2, 0.25) is 0 Å². The summed E-state index contributed by atoms with van der Waals surface area (Å²) < 4.78 is 24.0. The van der Waals surface area contributed by atoms with Crippen LogP contribution in [0.3, 0.4) is 0 Å². The molecule has 1 aromatic rings. The van der Waals surface area contributed by atoms with Gasteiger partial charge in [-0.25, -0.2) is 8.42 Å². The summed E-state index contributed by atoms with van der Waals surface area (Å²) in [4.78, 5) is 13.0. The summed E-state index contributed by atoms with van der Waals surface area (Å²) in [5, 5.41) is 9.02. The zero-order chi connectivity index (χ0) is 16.3. The predicted molar refractivity (Wildman–Crippen MR) is 83.5 cm³/mol. The van der Waals surface area contributed by atoms with Crippen LogP contribution in [-0.2, 0) is 14.6 Å². The summed E-state index contributed by atoms with van der Waals surface area (Å²) in [5.41, 5.74) is 0.322. The Balaban J connectivity index is 3.12. The SMILES string of the molecule is CCCS(=O)(=O)c1ccc(N(CC(=O)O)C(C)(C)C)cc1. The third-order valence-electron chi connectivity index (χ3n) is 3.08. The van der Waals surface area contributed by atoms with Gasteiger partial charge in [0.2, 0.25) is 0 Å². The first kappa shape index (κ1) is 17.5. The maximum absolute atomic E-state index is 12.0. The van der Waals surface area contributed by atoms with Crippen molar-refractivity contribution in [1.29, 1.82) is 0 Å². The van der Waals surface area contributed by atoms with E-state index in [0.29, 0.717) is 12.1 Å². The second-order valence-electron chi connectivity index (χ2n) is 5.96. The van der Waals surface area contributed by atoms with Gasteiger partial charge in [-0.2, -0.15) is 0 Å². The third-order valence-corrected chi connectivity index (χ3v) is 5.02. The number of carboxylic acid groups (broad SMARTS) is 1. The lowest BCUT2D eigenvalue weighted by atomic mass is 10.0. The van der Waals surface area contributed by atoms with Crippen molar-refractivity contribution >= 4 is 21.5 Å². The summed E-state index contributed by atoms with van der Waals surface area (Å²) >= 11 is 0. The predicted octanol–water partition coefficient (Wildman–Crippen LogP) is 2.56. The Morgan fingerprint density at radius 1 is 1.19 bits per heavy atom. The molecule has 0 aromatic heterocycles. The molecule has 6 heteroatoms. The van der Waals surface area contributed by atoms with Gasteiger partial charge in [-0.05, 0) is 51.5 Å². The molecule has 5 nitrogen and oxygen atoms in total. The van der Waals surface area contributed by atoms with Gasteiger partial charge in [0.15, 0.2) is 9.84 Å². The highest BCUT2D eigenvalue weighted by Gasteiger charge is 2.24. The molecule has 1 rings (SSSR count). The smallest absolute Gasteiger partial charge is 0.323 e. The van der Waals surface area contributed by atoms with Crippen molar-refractivity contribution in [3.63, 3.8) is 0 Å². The quantitative estimate of drug-likeness (QED) is 0.873. The number of rotatable bonds is 6. The first-order chi connectivity index (χ1) is 9.58. The number of anilines is 1.